The number of hydrogen-bond acceptors (Lipinski definition) is 5. The first kappa shape index (κ1) is 16.4. The van der Waals surface area contributed by atoms with Gasteiger partial charge in [-0.1, -0.05) is 0 Å². The molecule has 0 unspecified atom stereocenters. The molecule has 3 heterocycles. The Morgan fingerprint density at radius 1 is 1.30 bits per heavy atom. The average Bonchev–Trinajstić information content (AvgIpc) is 3.08. The second-order valence-electron chi connectivity index (χ2n) is 6.08. The van der Waals surface area contributed by atoms with Crippen LogP contribution in [0.25, 0.3) is 0 Å². The Morgan fingerprint density at radius 2 is 2.09 bits per heavy atom. The fraction of sp³-hybridized carbons (Fsp3) is 0.625. The third-order valence-electron chi connectivity index (χ3n) is 4.68. The van der Waals surface area contributed by atoms with Gasteiger partial charge in [0.25, 0.3) is 0 Å². The zero-order chi connectivity index (χ0) is 16.2. The molecule has 2 fully saturated rings. The summed E-state index contributed by atoms with van der Waals surface area (Å²) in [6.45, 7) is 3.62. The first-order valence-corrected chi connectivity index (χ1v) is 8.94. The van der Waals surface area contributed by atoms with Crippen molar-refractivity contribution in [2.75, 3.05) is 32.8 Å². The van der Waals surface area contributed by atoms with E-state index >= 15 is 0 Å². The molecule has 2 aliphatic heterocycles. The smallest absolute Gasteiger partial charge is 0.326 e. The Labute approximate surface area is 139 Å². The molecule has 0 aromatic carbocycles. The highest BCUT2D eigenvalue weighted by Gasteiger charge is 2.38. The average molecular weight is 338 g/mol. The number of ether oxygens (including phenoxy) is 1. The molecule has 126 valence electrons. The summed E-state index contributed by atoms with van der Waals surface area (Å²) < 4.78 is 5.36. The van der Waals surface area contributed by atoms with Gasteiger partial charge >= 0.3 is 5.97 Å². The van der Waals surface area contributed by atoms with E-state index in [4.69, 9.17) is 4.74 Å². The predicted octanol–water partition coefficient (Wildman–Crippen LogP) is 1.07. The van der Waals surface area contributed by atoms with E-state index < -0.39 is 12.0 Å². The van der Waals surface area contributed by atoms with Gasteiger partial charge in [-0.05, 0) is 35.2 Å². The van der Waals surface area contributed by atoms with E-state index in [9.17, 15) is 14.7 Å². The molecule has 0 aliphatic carbocycles. The van der Waals surface area contributed by atoms with Gasteiger partial charge < -0.3 is 14.7 Å². The van der Waals surface area contributed by atoms with E-state index in [-0.39, 0.29) is 18.4 Å². The number of likely N-dealkylation sites (tertiary alicyclic amines) is 1. The number of aliphatic carboxylic acids is 1. The molecular formula is C16H22N2O4S. The molecule has 6 nitrogen and oxygen atoms in total. The number of piperidine rings is 1. The van der Waals surface area contributed by atoms with Crippen molar-refractivity contribution in [3.8, 4) is 0 Å². The van der Waals surface area contributed by atoms with Gasteiger partial charge in [-0.2, -0.15) is 11.3 Å². The topological polar surface area (TPSA) is 70.1 Å². The second-order valence-corrected chi connectivity index (χ2v) is 6.86. The highest BCUT2D eigenvalue weighted by atomic mass is 32.1. The lowest BCUT2D eigenvalue weighted by atomic mass is 9.94. The summed E-state index contributed by atoms with van der Waals surface area (Å²) in [5, 5.41) is 13.4. The van der Waals surface area contributed by atoms with Gasteiger partial charge in [-0.3, -0.25) is 9.69 Å². The Balaban J connectivity index is 1.64. The maximum Gasteiger partial charge on any atom is 0.326 e. The summed E-state index contributed by atoms with van der Waals surface area (Å²) in [7, 11) is 0. The third kappa shape index (κ3) is 3.91. The minimum Gasteiger partial charge on any atom is -0.480 e. The number of carboxylic acid groups (broad SMARTS) is 1. The Morgan fingerprint density at radius 3 is 2.74 bits per heavy atom. The molecule has 1 amide bonds. The number of rotatable bonds is 4. The van der Waals surface area contributed by atoms with E-state index in [1.54, 1.807) is 16.2 Å². The lowest BCUT2D eigenvalue weighted by Gasteiger charge is -2.43. The molecule has 1 aromatic rings. The van der Waals surface area contributed by atoms with Crippen LogP contribution in [-0.4, -0.2) is 71.7 Å². The second kappa shape index (κ2) is 7.42. The zero-order valence-corrected chi connectivity index (χ0v) is 13.8. The normalized spacial score (nSPS) is 26.2. The van der Waals surface area contributed by atoms with Gasteiger partial charge in [0.05, 0.1) is 19.6 Å². The SMILES string of the molecule is O=C(O)[C@@H]1C[C@@H](N2CCOCC2)CCN1C(=O)Cc1ccsc1. The molecule has 7 heteroatoms. The van der Waals surface area contributed by atoms with Crippen LogP contribution < -0.4 is 0 Å². The van der Waals surface area contributed by atoms with E-state index in [1.165, 1.54) is 0 Å². The molecular weight excluding hydrogens is 316 g/mol. The lowest BCUT2D eigenvalue weighted by Crippen LogP contribution is -2.56. The standard InChI is InChI=1S/C16H22N2O4S/c19-15(9-12-2-8-23-11-12)18-3-1-13(10-14(18)16(20)21)17-4-6-22-7-5-17/h2,8,11,13-14H,1,3-7,9-10H2,(H,20,21)/t13-,14-/m0/s1. The van der Waals surface area contributed by atoms with E-state index in [2.05, 4.69) is 4.90 Å². The molecule has 23 heavy (non-hydrogen) atoms. The maximum atomic E-state index is 12.5. The summed E-state index contributed by atoms with van der Waals surface area (Å²) in [5.41, 5.74) is 0.958. The Hall–Kier alpha value is -1.44. The van der Waals surface area contributed by atoms with Crippen LogP contribution in [0.4, 0.5) is 0 Å². The van der Waals surface area contributed by atoms with Gasteiger partial charge in [-0.25, -0.2) is 4.79 Å². The van der Waals surface area contributed by atoms with Crippen LogP contribution in [0.15, 0.2) is 16.8 Å². The van der Waals surface area contributed by atoms with Gasteiger partial charge in [0.2, 0.25) is 5.91 Å². The Bertz CT molecular complexity index is 542. The van der Waals surface area contributed by atoms with Crippen molar-refractivity contribution in [3.05, 3.63) is 22.4 Å². The van der Waals surface area contributed by atoms with Crippen molar-refractivity contribution in [1.29, 1.82) is 0 Å². The number of hydrogen-bond donors (Lipinski definition) is 1. The number of amides is 1. The minimum atomic E-state index is -0.901. The number of carboxylic acids is 1. The molecule has 0 radical (unpaired) electrons. The van der Waals surface area contributed by atoms with E-state index in [1.807, 2.05) is 16.8 Å². The summed E-state index contributed by atoms with van der Waals surface area (Å²) in [6.07, 6.45) is 1.62. The van der Waals surface area contributed by atoms with Crippen LogP contribution in [0.3, 0.4) is 0 Å². The van der Waals surface area contributed by atoms with Crippen LogP contribution in [0.2, 0.25) is 0 Å². The number of carbonyl (C=O) groups is 2. The molecule has 1 aromatic heterocycles. The summed E-state index contributed by atoms with van der Waals surface area (Å²) in [4.78, 5) is 28.0. The number of carbonyl (C=O) groups excluding carboxylic acids is 1. The van der Waals surface area contributed by atoms with Gasteiger partial charge in [-0.15, -0.1) is 0 Å². The van der Waals surface area contributed by atoms with Crippen LogP contribution >= 0.6 is 11.3 Å². The van der Waals surface area contributed by atoms with E-state index in [0.29, 0.717) is 26.2 Å². The molecule has 2 aliphatic rings. The molecule has 1 N–H and O–H groups in total. The van der Waals surface area contributed by atoms with Crippen molar-refractivity contribution in [3.63, 3.8) is 0 Å². The lowest BCUT2D eigenvalue weighted by molar-refractivity contribution is -0.153. The molecule has 0 saturated carbocycles. The molecule has 0 bridgehead atoms. The van der Waals surface area contributed by atoms with Crippen molar-refractivity contribution in [2.24, 2.45) is 0 Å². The van der Waals surface area contributed by atoms with Crippen LogP contribution in [-0.2, 0) is 20.7 Å². The quantitative estimate of drug-likeness (QED) is 0.889. The summed E-state index contributed by atoms with van der Waals surface area (Å²) in [5.74, 6) is -0.988. The van der Waals surface area contributed by atoms with Gasteiger partial charge in [0.15, 0.2) is 0 Å². The number of thiophene rings is 1. The number of nitrogens with zero attached hydrogens (tertiary/aromatic N) is 2. The first-order chi connectivity index (χ1) is 11.1. The fourth-order valence-corrected chi connectivity index (χ4v) is 4.09. The Kier molecular flexibility index (Phi) is 5.30. The largest absolute Gasteiger partial charge is 0.480 e. The van der Waals surface area contributed by atoms with E-state index in [0.717, 1.165) is 25.1 Å². The molecule has 3 rings (SSSR count). The highest BCUT2D eigenvalue weighted by molar-refractivity contribution is 7.08. The van der Waals surface area contributed by atoms with Crippen LogP contribution in [0, 0.1) is 0 Å². The van der Waals surface area contributed by atoms with Gasteiger partial charge in [0, 0.05) is 25.7 Å². The molecule has 0 spiro atoms. The zero-order valence-electron chi connectivity index (χ0n) is 13.0. The highest BCUT2D eigenvalue weighted by Crippen LogP contribution is 2.24. The fourth-order valence-electron chi connectivity index (χ4n) is 3.42. The van der Waals surface area contributed by atoms with Crippen molar-refractivity contribution >= 4 is 23.2 Å². The summed E-state index contributed by atoms with van der Waals surface area (Å²) >= 11 is 1.55. The van der Waals surface area contributed by atoms with Crippen molar-refractivity contribution in [1.82, 2.24) is 9.80 Å². The predicted molar refractivity (Wildman–Crippen MR) is 86.6 cm³/mol. The van der Waals surface area contributed by atoms with Crippen LogP contribution in [0.5, 0.6) is 0 Å². The maximum absolute atomic E-state index is 12.5. The summed E-state index contributed by atoms with van der Waals surface area (Å²) in [6, 6.07) is 1.42. The minimum absolute atomic E-state index is 0.0868. The van der Waals surface area contributed by atoms with Gasteiger partial charge in [0.1, 0.15) is 6.04 Å². The van der Waals surface area contributed by atoms with Crippen molar-refractivity contribution in [2.45, 2.75) is 31.3 Å². The monoisotopic (exact) mass is 338 g/mol. The molecule has 2 atom stereocenters. The third-order valence-corrected chi connectivity index (χ3v) is 5.41. The first-order valence-electron chi connectivity index (χ1n) is 8.00. The van der Waals surface area contributed by atoms with Crippen LogP contribution in [0.1, 0.15) is 18.4 Å². The molecule has 2 saturated heterocycles. The van der Waals surface area contributed by atoms with Crippen molar-refractivity contribution < 1.29 is 19.4 Å². The number of morpholine rings is 1.